The molecule has 0 atom stereocenters. The highest BCUT2D eigenvalue weighted by atomic mass is 35.5. The van der Waals surface area contributed by atoms with Crippen LogP contribution in [0.25, 0.3) is 0 Å². The molecule has 4 nitrogen and oxygen atoms in total. The van der Waals surface area contributed by atoms with Crippen LogP contribution in [0, 0.1) is 0 Å². The maximum atomic E-state index is 12.1. The highest BCUT2D eigenvalue weighted by Gasteiger charge is 2.19. The van der Waals surface area contributed by atoms with Crippen molar-refractivity contribution in [3.8, 4) is 0 Å². The molecule has 1 heterocycles. The standard InChI is InChI=1S/C17H27N3O.ClH/c1-13(2)14-5-4-6-16(11-14)19-17(21)12-20-9-7-15(18-3)8-10-20;/h4-6,11,13,15,18H,7-10,12H2,1-3H3,(H,19,21);1H. The second-order valence-corrected chi connectivity index (χ2v) is 6.17. The molecule has 1 amide bonds. The van der Waals surface area contributed by atoms with Crippen molar-refractivity contribution in [2.24, 2.45) is 0 Å². The molecule has 0 aliphatic carbocycles. The van der Waals surface area contributed by atoms with Gasteiger partial charge >= 0.3 is 0 Å². The van der Waals surface area contributed by atoms with E-state index in [0.717, 1.165) is 31.6 Å². The van der Waals surface area contributed by atoms with Crippen molar-refractivity contribution >= 4 is 24.0 Å². The fraction of sp³-hybridized carbons (Fsp3) is 0.588. The highest BCUT2D eigenvalue weighted by Crippen LogP contribution is 2.18. The van der Waals surface area contributed by atoms with Crippen LogP contribution in [0.1, 0.15) is 38.2 Å². The molecule has 1 aromatic carbocycles. The normalized spacial score (nSPS) is 16.4. The third-order valence-electron chi connectivity index (χ3n) is 4.20. The van der Waals surface area contributed by atoms with Crippen molar-refractivity contribution in [1.82, 2.24) is 10.2 Å². The number of nitrogens with one attached hydrogen (secondary N) is 2. The Hall–Kier alpha value is -1.10. The zero-order valence-electron chi connectivity index (χ0n) is 13.8. The first-order valence-electron chi connectivity index (χ1n) is 7.88. The SMILES string of the molecule is CNC1CCN(CC(=O)Nc2cccc(C(C)C)c2)CC1.Cl. The second kappa shape index (κ2) is 9.13. The molecule has 1 aliphatic rings. The molecule has 124 valence electrons. The predicted octanol–water partition coefficient (Wildman–Crippen LogP) is 2.85. The topological polar surface area (TPSA) is 44.4 Å². The molecular formula is C17H28ClN3O. The van der Waals surface area contributed by atoms with Gasteiger partial charge in [-0.2, -0.15) is 0 Å². The summed E-state index contributed by atoms with van der Waals surface area (Å²) in [6.45, 7) is 6.79. The van der Waals surface area contributed by atoms with Crippen LogP contribution in [0.15, 0.2) is 24.3 Å². The molecule has 0 bridgehead atoms. The van der Waals surface area contributed by atoms with Crippen LogP contribution in [0.3, 0.4) is 0 Å². The van der Waals surface area contributed by atoms with E-state index in [9.17, 15) is 4.79 Å². The fourth-order valence-electron chi connectivity index (χ4n) is 2.76. The van der Waals surface area contributed by atoms with E-state index in [2.05, 4.69) is 41.5 Å². The Morgan fingerprint density at radius 2 is 2.00 bits per heavy atom. The molecule has 1 fully saturated rings. The van der Waals surface area contributed by atoms with Gasteiger partial charge in [0, 0.05) is 24.8 Å². The molecular weight excluding hydrogens is 298 g/mol. The molecule has 0 aromatic heterocycles. The summed E-state index contributed by atoms with van der Waals surface area (Å²) in [5.74, 6) is 0.557. The Bertz CT molecular complexity index is 471. The first kappa shape index (κ1) is 18.9. The summed E-state index contributed by atoms with van der Waals surface area (Å²) < 4.78 is 0. The second-order valence-electron chi connectivity index (χ2n) is 6.17. The van der Waals surface area contributed by atoms with Crippen molar-refractivity contribution in [1.29, 1.82) is 0 Å². The van der Waals surface area contributed by atoms with E-state index < -0.39 is 0 Å². The zero-order chi connectivity index (χ0) is 15.2. The number of carbonyl (C=O) groups is 1. The van der Waals surface area contributed by atoms with Crippen LogP contribution >= 0.6 is 12.4 Å². The summed E-state index contributed by atoms with van der Waals surface area (Å²) in [4.78, 5) is 14.4. The lowest BCUT2D eigenvalue weighted by molar-refractivity contribution is -0.117. The number of amides is 1. The van der Waals surface area contributed by atoms with E-state index in [-0.39, 0.29) is 18.3 Å². The molecule has 0 unspecified atom stereocenters. The van der Waals surface area contributed by atoms with Gasteiger partial charge in [0.05, 0.1) is 6.54 Å². The average molecular weight is 326 g/mol. The Morgan fingerprint density at radius 1 is 1.32 bits per heavy atom. The van der Waals surface area contributed by atoms with Crippen molar-refractivity contribution in [2.75, 3.05) is 32.0 Å². The van der Waals surface area contributed by atoms with E-state index in [1.165, 1.54) is 5.56 Å². The maximum Gasteiger partial charge on any atom is 0.238 e. The van der Waals surface area contributed by atoms with Gasteiger partial charge in [-0.25, -0.2) is 0 Å². The zero-order valence-corrected chi connectivity index (χ0v) is 14.6. The largest absolute Gasteiger partial charge is 0.325 e. The minimum Gasteiger partial charge on any atom is -0.325 e. The summed E-state index contributed by atoms with van der Waals surface area (Å²) in [5.41, 5.74) is 2.15. The van der Waals surface area contributed by atoms with Gasteiger partial charge in [0.25, 0.3) is 0 Å². The van der Waals surface area contributed by atoms with E-state index >= 15 is 0 Å². The van der Waals surface area contributed by atoms with Gasteiger partial charge in [0.2, 0.25) is 5.91 Å². The molecule has 0 saturated carbocycles. The summed E-state index contributed by atoms with van der Waals surface area (Å²) >= 11 is 0. The van der Waals surface area contributed by atoms with Crippen LogP contribution in [-0.4, -0.2) is 43.5 Å². The van der Waals surface area contributed by atoms with Gasteiger partial charge in [-0.1, -0.05) is 26.0 Å². The number of carbonyl (C=O) groups excluding carboxylic acids is 1. The van der Waals surface area contributed by atoms with Crippen molar-refractivity contribution in [3.05, 3.63) is 29.8 Å². The van der Waals surface area contributed by atoms with Crippen LogP contribution in [0.2, 0.25) is 0 Å². The van der Waals surface area contributed by atoms with E-state index in [0.29, 0.717) is 18.5 Å². The fourth-order valence-corrected chi connectivity index (χ4v) is 2.76. The van der Waals surface area contributed by atoms with Crippen LogP contribution in [-0.2, 0) is 4.79 Å². The lowest BCUT2D eigenvalue weighted by atomic mass is 10.0. The van der Waals surface area contributed by atoms with Crippen molar-refractivity contribution in [3.63, 3.8) is 0 Å². The molecule has 0 radical (unpaired) electrons. The molecule has 1 aromatic rings. The molecule has 0 spiro atoms. The minimum absolute atomic E-state index is 0. The van der Waals surface area contributed by atoms with Gasteiger partial charge in [-0.3, -0.25) is 9.69 Å². The summed E-state index contributed by atoms with van der Waals surface area (Å²) in [7, 11) is 2.01. The van der Waals surface area contributed by atoms with Gasteiger partial charge in [0.15, 0.2) is 0 Å². The first-order chi connectivity index (χ1) is 10.1. The third-order valence-corrected chi connectivity index (χ3v) is 4.20. The van der Waals surface area contributed by atoms with Gasteiger partial charge in [-0.15, -0.1) is 12.4 Å². The summed E-state index contributed by atoms with van der Waals surface area (Å²) in [6.07, 6.45) is 2.24. The highest BCUT2D eigenvalue weighted by molar-refractivity contribution is 5.92. The number of rotatable bonds is 5. The van der Waals surface area contributed by atoms with Gasteiger partial charge in [0.1, 0.15) is 0 Å². The number of hydrogen-bond acceptors (Lipinski definition) is 3. The van der Waals surface area contributed by atoms with Crippen molar-refractivity contribution in [2.45, 2.75) is 38.6 Å². The number of hydrogen-bond donors (Lipinski definition) is 2. The molecule has 2 N–H and O–H groups in total. The Labute approximate surface area is 140 Å². The predicted molar refractivity (Wildman–Crippen MR) is 94.9 cm³/mol. The van der Waals surface area contributed by atoms with Crippen LogP contribution in [0.4, 0.5) is 5.69 Å². The smallest absolute Gasteiger partial charge is 0.238 e. The Morgan fingerprint density at radius 3 is 2.59 bits per heavy atom. The number of benzene rings is 1. The molecule has 2 rings (SSSR count). The number of anilines is 1. The molecule has 5 heteroatoms. The number of likely N-dealkylation sites (tertiary alicyclic amines) is 1. The van der Waals surface area contributed by atoms with E-state index in [1.807, 2.05) is 19.2 Å². The van der Waals surface area contributed by atoms with Crippen molar-refractivity contribution < 1.29 is 4.79 Å². The number of halogens is 1. The maximum absolute atomic E-state index is 12.1. The monoisotopic (exact) mass is 325 g/mol. The lowest BCUT2D eigenvalue weighted by Crippen LogP contribution is -2.44. The Kier molecular flexibility index (Phi) is 7.87. The van der Waals surface area contributed by atoms with Crippen LogP contribution < -0.4 is 10.6 Å². The molecule has 1 saturated heterocycles. The van der Waals surface area contributed by atoms with E-state index in [1.54, 1.807) is 0 Å². The number of piperidine rings is 1. The number of nitrogens with zero attached hydrogens (tertiary/aromatic N) is 1. The summed E-state index contributed by atoms with van der Waals surface area (Å²) in [6, 6.07) is 8.73. The Balaban J connectivity index is 0.00000242. The molecule has 22 heavy (non-hydrogen) atoms. The minimum atomic E-state index is 0. The summed E-state index contributed by atoms with van der Waals surface area (Å²) in [5, 5.41) is 6.32. The van der Waals surface area contributed by atoms with E-state index in [4.69, 9.17) is 0 Å². The third kappa shape index (κ3) is 5.59. The average Bonchev–Trinajstić information content (AvgIpc) is 2.48. The van der Waals surface area contributed by atoms with Gasteiger partial charge in [-0.05, 0) is 43.5 Å². The quantitative estimate of drug-likeness (QED) is 0.875. The first-order valence-corrected chi connectivity index (χ1v) is 7.88. The lowest BCUT2D eigenvalue weighted by Gasteiger charge is -2.31. The van der Waals surface area contributed by atoms with Gasteiger partial charge < -0.3 is 10.6 Å². The molecule has 1 aliphatic heterocycles. The van der Waals surface area contributed by atoms with Crippen LogP contribution in [0.5, 0.6) is 0 Å².